The van der Waals surface area contributed by atoms with Gasteiger partial charge in [-0.15, -0.1) is 0 Å². The van der Waals surface area contributed by atoms with Crippen molar-refractivity contribution in [3.05, 3.63) is 42.1 Å². The number of piperazine rings is 1. The normalized spacial score (nSPS) is 18.1. The smallest absolute Gasteiger partial charge is 0.229 e. The summed E-state index contributed by atoms with van der Waals surface area (Å²) in [7, 11) is 2.17. The molecule has 1 aromatic carbocycles. The minimum Gasteiger partial charge on any atom is -0.369 e. The summed E-state index contributed by atoms with van der Waals surface area (Å²) < 4.78 is 0. The van der Waals surface area contributed by atoms with Crippen LogP contribution in [0.1, 0.15) is 37.7 Å². The third-order valence-electron chi connectivity index (χ3n) is 6.09. The van der Waals surface area contributed by atoms with Gasteiger partial charge in [0.25, 0.3) is 0 Å². The van der Waals surface area contributed by atoms with Gasteiger partial charge in [0.15, 0.2) is 0 Å². The standard InChI is InChI=1S/C24H31N7/c1-30-14-16-31(17-15-30)22-11-9-21(10-12-22)28-24-26-18-19(6-5-13-25)23(29-24)27-20-7-3-2-4-8-20/h5-6,9-12,18,20H,2-4,7-8,14-17H2,1H3,(H2,26,27,28,29)/b6-5+. The van der Waals surface area contributed by atoms with Crippen molar-refractivity contribution in [3.63, 3.8) is 0 Å². The molecule has 7 nitrogen and oxygen atoms in total. The molecule has 2 heterocycles. The van der Waals surface area contributed by atoms with Gasteiger partial charge >= 0.3 is 0 Å². The summed E-state index contributed by atoms with van der Waals surface area (Å²) >= 11 is 0. The van der Waals surface area contributed by atoms with Gasteiger partial charge < -0.3 is 20.4 Å². The second-order valence-corrected chi connectivity index (χ2v) is 8.40. The average molecular weight is 418 g/mol. The van der Waals surface area contributed by atoms with Crippen molar-refractivity contribution >= 4 is 29.2 Å². The molecule has 2 fully saturated rings. The summed E-state index contributed by atoms with van der Waals surface area (Å²) in [5, 5.41) is 15.8. The Labute approximate surface area is 184 Å². The van der Waals surface area contributed by atoms with E-state index >= 15 is 0 Å². The second kappa shape index (κ2) is 10.3. The molecule has 1 saturated heterocycles. The van der Waals surface area contributed by atoms with Crippen molar-refractivity contribution in [2.75, 3.05) is 48.8 Å². The highest BCUT2D eigenvalue weighted by Gasteiger charge is 2.16. The van der Waals surface area contributed by atoms with E-state index in [1.165, 1.54) is 31.0 Å². The van der Waals surface area contributed by atoms with E-state index in [2.05, 4.69) is 62.8 Å². The van der Waals surface area contributed by atoms with Crippen LogP contribution in [0.2, 0.25) is 0 Å². The van der Waals surface area contributed by atoms with Crippen LogP contribution in [0.25, 0.3) is 6.08 Å². The number of hydrogen-bond donors (Lipinski definition) is 2. The number of aromatic nitrogens is 2. The van der Waals surface area contributed by atoms with Gasteiger partial charge in [0.05, 0.1) is 6.07 Å². The average Bonchev–Trinajstić information content (AvgIpc) is 2.80. The Morgan fingerprint density at radius 3 is 2.52 bits per heavy atom. The highest BCUT2D eigenvalue weighted by atomic mass is 15.2. The summed E-state index contributed by atoms with van der Waals surface area (Å²) in [5.74, 6) is 1.34. The van der Waals surface area contributed by atoms with Crippen LogP contribution < -0.4 is 15.5 Å². The van der Waals surface area contributed by atoms with E-state index in [0.29, 0.717) is 12.0 Å². The number of nitrogens with one attached hydrogen (secondary N) is 2. The van der Waals surface area contributed by atoms with Crippen LogP contribution in [0.4, 0.5) is 23.1 Å². The highest BCUT2D eigenvalue weighted by molar-refractivity contribution is 5.67. The number of anilines is 4. The van der Waals surface area contributed by atoms with Crippen molar-refractivity contribution in [1.82, 2.24) is 14.9 Å². The van der Waals surface area contributed by atoms with Gasteiger partial charge in [0.2, 0.25) is 5.95 Å². The third-order valence-corrected chi connectivity index (χ3v) is 6.09. The van der Waals surface area contributed by atoms with Crippen molar-refractivity contribution in [1.29, 1.82) is 5.26 Å². The largest absolute Gasteiger partial charge is 0.369 e. The maximum absolute atomic E-state index is 8.90. The molecule has 162 valence electrons. The summed E-state index contributed by atoms with van der Waals surface area (Å²) in [6.45, 7) is 4.30. The van der Waals surface area contributed by atoms with E-state index in [4.69, 9.17) is 10.2 Å². The number of likely N-dealkylation sites (N-methyl/N-ethyl adjacent to an activating group) is 1. The first-order valence-corrected chi connectivity index (χ1v) is 11.2. The molecule has 2 N–H and O–H groups in total. The molecule has 0 atom stereocenters. The molecule has 1 aromatic heterocycles. The van der Waals surface area contributed by atoms with Crippen LogP contribution in [0.3, 0.4) is 0 Å². The Bertz CT molecular complexity index is 918. The fourth-order valence-electron chi connectivity index (χ4n) is 4.21. The summed E-state index contributed by atoms with van der Waals surface area (Å²) in [4.78, 5) is 14.0. The van der Waals surface area contributed by atoms with Crippen molar-refractivity contribution in [3.8, 4) is 6.07 Å². The molecule has 2 aliphatic rings. The van der Waals surface area contributed by atoms with E-state index in [9.17, 15) is 0 Å². The first-order valence-electron chi connectivity index (χ1n) is 11.2. The van der Waals surface area contributed by atoms with Crippen LogP contribution in [-0.4, -0.2) is 54.1 Å². The fourth-order valence-corrected chi connectivity index (χ4v) is 4.21. The van der Waals surface area contributed by atoms with E-state index in [1.54, 1.807) is 12.3 Å². The molecule has 31 heavy (non-hydrogen) atoms. The van der Waals surface area contributed by atoms with Gasteiger partial charge in [-0.2, -0.15) is 10.2 Å². The zero-order chi connectivity index (χ0) is 21.5. The van der Waals surface area contributed by atoms with Gasteiger partial charge in [-0.1, -0.05) is 19.3 Å². The minimum atomic E-state index is 0.425. The molecule has 0 spiro atoms. The molecule has 4 rings (SSSR count). The van der Waals surface area contributed by atoms with E-state index < -0.39 is 0 Å². The van der Waals surface area contributed by atoms with Crippen LogP contribution in [0.5, 0.6) is 0 Å². The Morgan fingerprint density at radius 1 is 1.06 bits per heavy atom. The highest BCUT2D eigenvalue weighted by Crippen LogP contribution is 2.25. The van der Waals surface area contributed by atoms with Crippen LogP contribution >= 0.6 is 0 Å². The van der Waals surface area contributed by atoms with Crippen LogP contribution in [0, 0.1) is 11.3 Å². The molecule has 0 amide bonds. The predicted molar refractivity (Wildman–Crippen MR) is 127 cm³/mol. The molecule has 1 aliphatic heterocycles. The van der Waals surface area contributed by atoms with Crippen molar-refractivity contribution in [2.24, 2.45) is 0 Å². The number of hydrogen-bond acceptors (Lipinski definition) is 7. The first kappa shape index (κ1) is 21.1. The third kappa shape index (κ3) is 5.74. The molecule has 0 bridgehead atoms. The zero-order valence-electron chi connectivity index (χ0n) is 18.2. The Hall–Kier alpha value is -3.11. The van der Waals surface area contributed by atoms with E-state index in [-0.39, 0.29) is 0 Å². The van der Waals surface area contributed by atoms with E-state index in [0.717, 1.165) is 56.1 Å². The lowest BCUT2D eigenvalue weighted by Crippen LogP contribution is -2.44. The second-order valence-electron chi connectivity index (χ2n) is 8.40. The minimum absolute atomic E-state index is 0.425. The molecule has 2 aromatic rings. The van der Waals surface area contributed by atoms with Crippen LogP contribution in [0.15, 0.2) is 36.5 Å². The van der Waals surface area contributed by atoms with Gasteiger partial charge in [0, 0.05) is 61.4 Å². The Kier molecular flexibility index (Phi) is 7.00. The SMILES string of the molecule is CN1CCN(c2ccc(Nc3ncc(/C=C/C#N)c(NC4CCCCC4)n3)cc2)CC1. The number of allylic oxidation sites excluding steroid dienone is 1. The number of rotatable bonds is 6. The van der Waals surface area contributed by atoms with Gasteiger partial charge in [-0.25, -0.2) is 4.98 Å². The fraction of sp³-hybridized carbons (Fsp3) is 0.458. The molecule has 0 radical (unpaired) electrons. The quantitative estimate of drug-likeness (QED) is 0.680. The van der Waals surface area contributed by atoms with Gasteiger partial charge in [0.1, 0.15) is 5.82 Å². The lowest BCUT2D eigenvalue weighted by atomic mass is 9.95. The summed E-state index contributed by atoms with van der Waals surface area (Å²) in [5.41, 5.74) is 3.04. The number of nitrogens with zero attached hydrogens (tertiary/aromatic N) is 5. The number of nitriles is 1. The topological polar surface area (TPSA) is 80.1 Å². The lowest BCUT2D eigenvalue weighted by molar-refractivity contribution is 0.313. The maximum Gasteiger partial charge on any atom is 0.229 e. The summed E-state index contributed by atoms with van der Waals surface area (Å²) in [6.07, 6.45) is 11.1. The molecular weight excluding hydrogens is 386 g/mol. The van der Waals surface area contributed by atoms with E-state index in [1.807, 2.05) is 0 Å². The molecule has 1 saturated carbocycles. The molecule has 7 heteroatoms. The summed E-state index contributed by atoms with van der Waals surface area (Å²) in [6, 6.07) is 10.9. The van der Waals surface area contributed by atoms with Gasteiger partial charge in [-0.05, 0) is 50.2 Å². The van der Waals surface area contributed by atoms with Crippen molar-refractivity contribution < 1.29 is 0 Å². The lowest BCUT2D eigenvalue weighted by Gasteiger charge is -2.34. The molecular formula is C24H31N7. The Balaban J connectivity index is 1.46. The zero-order valence-corrected chi connectivity index (χ0v) is 18.2. The number of benzene rings is 1. The molecule has 1 aliphatic carbocycles. The monoisotopic (exact) mass is 417 g/mol. The van der Waals surface area contributed by atoms with Crippen LogP contribution in [-0.2, 0) is 0 Å². The first-order chi connectivity index (χ1) is 15.2. The maximum atomic E-state index is 8.90. The predicted octanol–water partition coefficient (Wildman–Crippen LogP) is 4.25. The Morgan fingerprint density at radius 2 is 1.81 bits per heavy atom. The van der Waals surface area contributed by atoms with Gasteiger partial charge in [-0.3, -0.25) is 0 Å². The van der Waals surface area contributed by atoms with Crippen molar-refractivity contribution in [2.45, 2.75) is 38.1 Å². The molecule has 0 unspecified atom stereocenters.